The number of aromatic nitrogens is 1. The molecule has 0 aliphatic carbocycles. The van der Waals surface area contributed by atoms with Gasteiger partial charge in [0.1, 0.15) is 10.7 Å². The maximum Gasteiger partial charge on any atom is 0.244 e. The Kier molecular flexibility index (Phi) is 4.73. The molecule has 0 unspecified atom stereocenters. The van der Waals surface area contributed by atoms with E-state index < -0.39 is 10.0 Å². The SMILES string of the molecule is Nc1ncccc1S(=O)(=O)NCCCN1CCCC1. The van der Waals surface area contributed by atoms with E-state index in [1.54, 1.807) is 6.07 Å². The second-order valence-corrected chi connectivity index (χ2v) is 6.42. The van der Waals surface area contributed by atoms with E-state index in [0.29, 0.717) is 6.54 Å². The first-order valence-electron chi connectivity index (χ1n) is 6.52. The quantitative estimate of drug-likeness (QED) is 0.740. The Labute approximate surface area is 114 Å². The van der Waals surface area contributed by atoms with Crippen LogP contribution < -0.4 is 10.5 Å². The molecule has 7 heteroatoms. The van der Waals surface area contributed by atoms with Gasteiger partial charge in [0.05, 0.1) is 0 Å². The second kappa shape index (κ2) is 6.31. The molecular weight excluding hydrogens is 264 g/mol. The number of nitrogens with zero attached hydrogens (tertiary/aromatic N) is 2. The number of nitrogens with two attached hydrogens (primary N) is 1. The van der Waals surface area contributed by atoms with Crippen LogP contribution >= 0.6 is 0 Å². The minimum absolute atomic E-state index is 0.0366. The molecule has 2 heterocycles. The number of likely N-dealkylation sites (tertiary alicyclic amines) is 1. The first kappa shape index (κ1) is 14.2. The molecule has 2 rings (SSSR count). The Morgan fingerprint density at radius 1 is 1.37 bits per heavy atom. The normalized spacial score (nSPS) is 16.8. The van der Waals surface area contributed by atoms with Gasteiger partial charge in [0.25, 0.3) is 0 Å². The molecule has 6 nitrogen and oxygen atoms in total. The fraction of sp³-hybridized carbons (Fsp3) is 0.583. The molecular formula is C12H20N4O2S. The molecule has 0 atom stereocenters. The van der Waals surface area contributed by atoms with Gasteiger partial charge in [-0.1, -0.05) is 0 Å². The average Bonchev–Trinajstić information content (AvgIpc) is 2.88. The van der Waals surface area contributed by atoms with E-state index in [9.17, 15) is 8.42 Å². The van der Waals surface area contributed by atoms with Gasteiger partial charge in [-0.05, 0) is 51.0 Å². The van der Waals surface area contributed by atoms with Crippen LogP contribution in [-0.4, -0.2) is 44.5 Å². The summed E-state index contributed by atoms with van der Waals surface area (Å²) in [5, 5.41) is 0. The summed E-state index contributed by atoms with van der Waals surface area (Å²) in [5.74, 6) is 0.0366. The number of rotatable bonds is 6. The van der Waals surface area contributed by atoms with Crippen LogP contribution in [0.4, 0.5) is 5.82 Å². The highest BCUT2D eigenvalue weighted by Crippen LogP contribution is 2.14. The third-order valence-corrected chi connectivity index (χ3v) is 4.74. The van der Waals surface area contributed by atoms with Crippen molar-refractivity contribution in [1.82, 2.24) is 14.6 Å². The molecule has 1 saturated heterocycles. The molecule has 1 aromatic heterocycles. The topological polar surface area (TPSA) is 88.3 Å². The van der Waals surface area contributed by atoms with Gasteiger partial charge in [-0.2, -0.15) is 0 Å². The number of nitrogens with one attached hydrogen (secondary N) is 1. The van der Waals surface area contributed by atoms with Crippen molar-refractivity contribution in [2.45, 2.75) is 24.2 Å². The summed E-state index contributed by atoms with van der Waals surface area (Å²) in [7, 11) is -3.54. The molecule has 0 bridgehead atoms. The second-order valence-electron chi connectivity index (χ2n) is 4.69. The van der Waals surface area contributed by atoms with Gasteiger partial charge < -0.3 is 10.6 Å². The first-order chi connectivity index (χ1) is 9.09. The highest BCUT2D eigenvalue weighted by Gasteiger charge is 2.17. The van der Waals surface area contributed by atoms with Crippen LogP contribution in [0.2, 0.25) is 0 Å². The van der Waals surface area contributed by atoms with Crippen LogP contribution in [0.15, 0.2) is 23.2 Å². The third-order valence-electron chi connectivity index (χ3n) is 3.23. The third kappa shape index (κ3) is 3.89. The maximum absolute atomic E-state index is 12.0. The van der Waals surface area contributed by atoms with Gasteiger partial charge in [-0.15, -0.1) is 0 Å². The molecule has 0 aromatic carbocycles. The van der Waals surface area contributed by atoms with Crippen LogP contribution in [0.3, 0.4) is 0 Å². The minimum Gasteiger partial charge on any atom is -0.383 e. The van der Waals surface area contributed by atoms with Crippen molar-refractivity contribution in [3.05, 3.63) is 18.3 Å². The van der Waals surface area contributed by atoms with E-state index in [-0.39, 0.29) is 10.7 Å². The minimum atomic E-state index is -3.54. The Morgan fingerprint density at radius 3 is 2.79 bits per heavy atom. The van der Waals surface area contributed by atoms with Gasteiger partial charge in [0.15, 0.2) is 0 Å². The van der Waals surface area contributed by atoms with Crippen LogP contribution in [0.5, 0.6) is 0 Å². The lowest BCUT2D eigenvalue weighted by molar-refractivity contribution is 0.334. The Bertz CT molecular complexity index is 512. The number of anilines is 1. The van der Waals surface area contributed by atoms with E-state index in [1.807, 2.05) is 0 Å². The van der Waals surface area contributed by atoms with Crippen LogP contribution in [0.25, 0.3) is 0 Å². The van der Waals surface area contributed by atoms with Crippen molar-refractivity contribution in [2.75, 3.05) is 31.9 Å². The molecule has 1 aliphatic heterocycles. The molecule has 1 aromatic rings. The molecule has 0 amide bonds. The van der Waals surface area contributed by atoms with E-state index >= 15 is 0 Å². The summed E-state index contributed by atoms with van der Waals surface area (Å²) in [5.41, 5.74) is 5.57. The molecule has 1 aliphatic rings. The monoisotopic (exact) mass is 284 g/mol. The zero-order chi connectivity index (χ0) is 13.7. The molecule has 0 radical (unpaired) electrons. The van der Waals surface area contributed by atoms with Crippen molar-refractivity contribution in [1.29, 1.82) is 0 Å². The van der Waals surface area contributed by atoms with Gasteiger partial charge >= 0.3 is 0 Å². The van der Waals surface area contributed by atoms with E-state index in [1.165, 1.54) is 25.1 Å². The Morgan fingerprint density at radius 2 is 2.11 bits per heavy atom. The van der Waals surface area contributed by atoms with Crippen LogP contribution in [0, 0.1) is 0 Å². The number of nitrogen functional groups attached to an aromatic ring is 1. The highest BCUT2D eigenvalue weighted by atomic mass is 32.2. The van der Waals surface area contributed by atoms with Crippen molar-refractivity contribution < 1.29 is 8.42 Å². The van der Waals surface area contributed by atoms with Crippen LogP contribution in [0.1, 0.15) is 19.3 Å². The molecule has 19 heavy (non-hydrogen) atoms. The van der Waals surface area contributed by atoms with Gasteiger partial charge in [-0.25, -0.2) is 18.1 Å². The fourth-order valence-electron chi connectivity index (χ4n) is 2.22. The summed E-state index contributed by atoms with van der Waals surface area (Å²) < 4.78 is 26.6. The van der Waals surface area contributed by atoms with Crippen molar-refractivity contribution >= 4 is 15.8 Å². The number of hydrogen-bond acceptors (Lipinski definition) is 5. The predicted molar refractivity (Wildman–Crippen MR) is 74.1 cm³/mol. The van der Waals surface area contributed by atoms with Crippen molar-refractivity contribution in [3.8, 4) is 0 Å². The average molecular weight is 284 g/mol. The molecule has 0 spiro atoms. The summed E-state index contributed by atoms with van der Waals surface area (Å²) in [6.45, 7) is 3.61. The molecule has 0 saturated carbocycles. The summed E-state index contributed by atoms with van der Waals surface area (Å²) in [6.07, 6.45) is 4.77. The Hall–Kier alpha value is -1.18. The summed E-state index contributed by atoms with van der Waals surface area (Å²) in [6, 6.07) is 3.03. The first-order valence-corrected chi connectivity index (χ1v) is 8.00. The van der Waals surface area contributed by atoms with Gasteiger partial charge in [0, 0.05) is 12.7 Å². The van der Waals surface area contributed by atoms with Crippen molar-refractivity contribution in [3.63, 3.8) is 0 Å². The zero-order valence-corrected chi connectivity index (χ0v) is 11.7. The van der Waals surface area contributed by atoms with Gasteiger partial charge in [-0.3, -0.25) is 0 Å². The molecule has 3 N–H and O–H groups in total. The summed E-state index contributed by atoms with van der Waals surface area (Å²) >= 11 is 0. The number of pyridine rings is 1. The summed E-state index contributed by atoms with van der Waals surface area (Å²) in [4.78, 5) is 6.19. The standard InChI is InChI=1S/C12H20N4O2S/c13-12-11(5-3-6-14-12)19(17,18)15-7-4-10-16-8-1-2-9-16/h3,5-6,15H,1-2,4,7-10H2,(H2,13,14). The van der Waals surface area contributed by atoms with E-state index in [4.69, 9.17) is 5.73 Å². The van der Waals surface area contributed by atoms with Gasteiger partial charge in [0.2, 0.25) is 10.0 Å². The lowest BCUT2D eigenvalue weighted by atomic mass is 10.4. The molecule has 106 valence electrons. The van der Waals surface area contributed by atoms with E-state index in [2.05, 4.69) is 14.6 Å². The fourth-order valence-corrected chi connectivity index (χ4v) is 3.38. The lowest BCUT2D eigenvalue weighted by Crippen LogP contribution is -2.29. The lowest BCUT2D eigenvalue weighted by Gasteiger charge is -2.14. The van der Waals surface area contributed by atoms with E-state index in [0.717, 1.165) is 26.1 Å². The van der Waals surface area contributed by atoms with Crippen LogP contribution in [-0.2, 0) is 10.0 Å². The molecule has 1 fully saturated rings. The predicted octanol–water partition coefficient (Wildman–Crippen LogP) is 0.428. The number of sulfonamides is 1. The highest BCUT2D eigenvalue weighted by molar-refractivity contribution is 7.89. The van der Waals surface area contributed by atoms with Crippen molar-refractivity contribution in [2.24, 2.45) is 0 Å². The maximum atomic E-state index is 12.0. The zero-order valence-electron chi connectivity index (χ0n) is 10.9. The largest absolute Gasteiger partial charge is 0.383 e. The number of hydrogen-bond donors (Lipinski definition) is 2. The smallest absolute Gasteiger partial charge is 0.244 e. The Balaban J connectivity index is 1.82.